The third-order valence-corrected chi connectivity index (χ3v) is 5.51. The van der Waals surface area contributed by atoms with Crippen molar-refractivity contribution in [2.45, 2.75) is 12.8 Å². The minimum atomic E-state index is 0.612. The summed E-state index contributed by atoms with van der Waals surface area (Å²) in [5, 5.41) is 5.64. The summed E-state index contributed by atoms with van der Waals surface area (Å²) in [6.07, 6.45) is 1.67. The Morgan fingerprint density at radius 1 is 0.821 bits per heavy atom. The molecule has 0 atom stereocenters. The maximum atomic E-state index is 5.95. The first-order valence-electron chi connectivity index (χ1n) is 9.44. The zero-order valence-electron chi connectivity index (χ0n) is 15.5. The zero-order chi connectivity index (χ0) is 19.3. The summed E-state index contributed by atoms with van der Waals surface area (Å²) < 4.78 is 5.48. The lowest BCUT2D eigenvalue weighted by molar-refractivity contribution is 0.253. The van der Waals surface area contributed by atoms with Crippen LogP contribution in [0.1, 0.15) is 17.0 Å². The van der Waals surface area contributed by atoms with Gasteiger partial charge in [0.05, 0.1) is 0 Å². The monoisotopic (exact) mass is 416 g/mol. The Hall–Kier alpha value is -2.08. The van der Waals surface area contributed by atoms with E-state index in [0.717, 1.165) is 54.8 Å². The fraction of sp³-hybridized carbons (Fsp3) is 0.333. The van der Waals surface area contributed by atoms with Gasteiger partial charge in [0.25, 0.3) is 0 Å². The molecule has 7 heteroatoms. The molecule has 5 nitrogen and oxygen atoms in total. The van der Waals surface area contributed by atoms with Crippen molar-refractivity contribution in [3.05, 3.63) is 75.5 Å². The molecule has 1 aromatic heterocycles. The lowest BCUT2D eigenvalue weighted by Crippen LogP contribution is -2.47. The molecule has 4 rings (SSSR count). The summed E-state index contributed by atoms with van der Waals surface area (Å²) in [6, 6.07) is 16.4. The van der Waals surface area contributed by atoms with Gasteiger partial charge in [0.15, 0.2) is 5.82 Å². The SMILES string of the molecule is Clc1ccc(CCN2CCN(c3nc(Cc4ccc(Cl)cc4)no3)CC2)cc1. The Kier molecular flexibility index (Phi) is 6.15. The lowest BCUT2D eigenvalue weighted by atomic mass is 10.1. The molecule has 2 aromatic carbocycles. The Labute approximate surface area is 174 Å². The van der Waals surface area contributed by atoms with Gasteiger partial charge in [-0.2, -0.15) is 4.98 Å². The van der Waals surface area contributed by atoms with E-state index < -0.39 is 0 Å². The van der Waals surface area contributed by atoms with Crippen molar-refractivity contribution in [2.75, 3.05) is 37.6 Å². The molecule has 0 bridgehead atoms. The molecule has 2 heterocycles. The molecular formula is C21H22Cl2N4O. The molecule has 3 aromatic rings. The average Bonchev–Trinajstić information content (AvgIpc) is 3.18. The summed E-state index contributed by atoms with van der Waals surface area (Å²) in [5.74, 6) is 0.697. The predicted molar refractivity (Wildman–Crippen MR) is 112 cm³/mol. The second-order valence-corrected chi connectivity index (χ2v) is 7.87. The van der Waals surface area contributed by atoms with E-state index in [1.807, 2.05) is 36.4 Å². The highest BCUT2D eigenvalue weighted by atomic mass is 35.5. The lowest BCUT2D eigenvalue weighted by Gasteiger charge is -2.33. The molecule has 146 valence electrons. The molecular weight excluding hydrogens is 395 g/mol. The van der Waals surface area contributed by atoms with Gasteiger partial charge in [0, 0.05) is 49.2 Å². The molecule has 0 amide bonds. The molecule has 1 aliphatic heterocycles. The van der Waals surface area contributed by atoms with Crippen LogP contribution in [-0.4, -0.2) is 47.8 Å². The van der Waals surface area contributed by atoms with Crippen LogP contribution in [0.25, 0.3) is 0 Å². The summed E-state index contributed by atoms with van der Waals surface area (Å²) in [4.78, 5) is 9.19. The van der Waals surface area contributed by atoms with E-state index in [1.165, 1.54) is 5.56 Å². The molecule has 28 heavy (non-hydrogen) atoms. The highest BCUT2D eigenvalue weighted by molar-refractivity contribution is 6.30. The third kappa shape index (κ3) is 5.04. The first-order chi connectivity index (χ1) is 13.7. The number of nitrogens with zero attached hydrogens (tertiary/aromatic N) is 4. The van der Waals surface area contributed by atoms with E-state index in [2.05, 4.69) is 32.1 Å². The molecule has 0 aliphatic carbocycles. The van der Waals surface area contributed by atoms with Crippen LogP contribution in [0.5, 0.6) is 0 Å². The second kappa shape index (κ2) is 8.95. The van der Waals surface area contributed by atoms with E-state index >= 15 is 0 Å². The van der Waals surface area contributed by atoms with Crippen molar-refractivity contribution >= 4 is 29.2 Å². The highest BCUT2D eigenvalue weighted by Gasteiger charge is 2.21. The van der Waals surface area contributed by atoms with Crippen molar-refractivity contribution in [3.63, 3.8) is 0 Å². The highest BCUT2D eigenvalue weighted by Crippen LogP contribution is 2.17. The Morgan fingerprint density at radius 2 is 1.43 bits per heavy atom. The van der Waals surface area contributed by atoms with Crippen LogP contribution in [0.3, 0.4) is 0 Å². The first-order valence-corrected chi connectivity index (χ1v) is 10.2. The molecule has 0 radical (unpaired) electrons. The molecule has 0 saturated carbocycles. The van der Waals surface area contributed by atoms with Crippen LogP contribution in [0.15, 0.2) is 53.1 Å². The van der Waals surface area contributed by atoms with Crippen molar-refractivity contribution in [1.82, 2.24) is 15.0 Å². The van der Waals surface area contributed by atoms with Crippen LogP contribution in [0, 0.1) is 0 Å². The second-order valence-electron chi connectivity index (χ2n) is 7.00. The molecule has 0 N–H and O–H groups in total. The van der Waals surface area contributed by atoms with Gasteiger partial charge in [-0.1, -0.05) is 52.6 Å². The van der Waals surface area contributed by atoms with E-state index in [4.69, 9.17) is 27.7 Å². The average molecular weight is 417 g/mol. The van der Waals surface area contributed by atoms with Crippen molar-refractivity contribution in [1.29, 1.82) is 0 Å². The topological polar surface area (TPSA) is 45.4 Å². The van der Waals surface area contributed by atoms with Crippen molar-refractivity contribution in [3.8, 4) is 0 Å². The van der Waals surface area contributed by atoms with Crippen LogP contribution in [0.2, 0.25) is 10.0 Å². The maximum Gasteiger partial charge on any atom is 0.324 e. The fourth-order valence-electron chi connectivity index (χ4n) is 3.33. The van der Waals surface area contributed by atoms with Crippen LogP contribution < -0.4 is 4.90 Å². The van der Waals surface area contributed by atoms with Crippen LogP contribution >= 0.6 is 23.2 Å². The standard InChI is InChI=1S/C21H22Cl2N4O/c22-18-5-1-16(2-6-18)9-10-26-11-13-27(14-12-26)21-24-20(25-28-21)15-17-3-7-19(23)8-4-17/h1-8H,9-15H2. The van der Waals surface area contributed by atoms with E-state index in [1.54, 1.807) is 0 Å². The summed E-state index contributed by atoms with van der Waals surface area (Å²) >= 11 is 11.9. The number of hydrogen-bond acceptors (Lipinski definition) is 5. The van der Waals surface area contributed by atoms with Crippen LogP contribution in [0.4, 0.5) is 6.01 Å². The quantitative estimate of drug-likeness (QED) is 0.598. The number of hydrogen-bond donors (Lipinski definition) is 0. The number of piperazine rings is 1. The summed E-state index contributed by atoms with van der Waals surface area (Å²) in [6.45, 7) is 4.80. The first kappa shape index (κ1) is 19.2. The number of benzene rings is 2. The van der Waals surface area contributed by atoms with Gasteiger partial charge in [0.2, 0.25) is 0 Å². The Morgan fingerprint density at radius 3 is 2.07 bits per heavy atom. The van der Waals surface area contributed by atoms with Gasteiger partial charge in [0.1, 0.15) is 0 Å². The predicted octanol–water partition coefficient (Wildman–Crippen LogP) is 4.33. The number of rotatable bonds is 6. The van der Waals surface area contributed by atoms with Gasteiger partial charge in [-0.25, -0.2) is 0 Å². The minimum Gasteiger partial charge on any atom is -0.322 e. The smallest absolute Gasteiger partial charge is 0.322 e. The zero-order valence-corrected chi connectivity index (χ0v) is 17.0. The Balaban J connectivity index is 1.26. The van der Waals surface area contributed by atoms with Crippen molar-refractivity contribution in [2.24, 2.45) is 0 Å². The molecule has 0 spiro atoms. The summed E-state index contributed by atoms with van der Waals surface area (Å²) in [5.41, 5.74) is 2.43. The van der Waals surface area contributed by atoms with E-state index in [9.17, 15) is 0 Å². The third-order valence-electron chi connectivity index (χ3n) is 5.01. The molecule has 1 fully saturated rings. The van der Waals surface area contributed by atoms with E-state index in [0.29, 0.717) is 18.3 Å². The van der Waals surface area contributed by atoms with E-state index in [-0.39, 0.29) is 0 Å². The van der Waals surface area contributed by atoms with Gasteiger partial charge >= 0.3 is 6.01 Å². The number of halogens is 2. The molecule has 1 saturated heterocycles. The van der Waals surface area contributed by atoms with Gasteiger partial charge < -0.3 is 9.42 Å². The fourth-order valence-corrected chi connectivity index (χ4v) is 3.58. The normalized spacial score (nSPS) is 15.1. The molecule has 1 aliphatic rings. The maximum absolute atomic E-state index is 5.95. The van der Waals surface area contributed by atoms with Gasteiger partial charge in [-0.05, 0) is 41.8 Å². The number of anilines is 1. The van der Waals surface area contributed by atoms with Gasteiger partial charge in [-0.15, -0.1) is 0 Å². The van der Waals surface area contributed by atoms with Crippen molar-refractivity contribution < 1.29 is 4.52 Å². The Bertz CT molecular complexity index is 888. The number of aromatic nitrogens is 2. The molecule has 0 unspecified atom stereocenters. The largest absolute Gasteiger partial charge is 0.324 e. The minimum absolute atomic E-state index is 0.612. The van der Waals surface area contributed by atoms with Gasteiger partial charge in [-0.3, -0.25) is 4.90 Å². The van der Waals surface area contributed by atoms with Crippen LogP contribution in [-0.2, 0) is 12.8 Å². The summed E-state index contributed by atoms with van der Waals surface area (Å²) in [7, 11) is 0.